The van der Waals surface area contributed by atoms with E-state index < -0.39 is 11.7 Å². The average molecular weight is 304 g/mol. The third kappa shape index (κ3) is 3.12. The van der Waals surface area contributed by atoms with E-state index in [2.05, 4.69) is 4.98 Å². The number of ether oxygens (including phenoxy) is 2. The van der Waals surface area contributed by atoms with Crippen LogP contribution >= 0.6 is 0 Å². The molecule has 0 amide bonds. The number of alkyl halides is 3. The van der Waals surface area contributed by atoms with Crippen molar-refractivity contribution in [1.82, 2.24) is 10.0 Å². The van der Waals surface area contributed by atoms with E-state index in [0.717, 1.165) is 12.3 Å². The number of pyridine rings is 1. The first-order valence-electron chi connectivity index (χ1n) is 6.68. The highest BCUT2D eigenvalue weighted by atomic mass is 19.4. The fraction of sp³-hybridized carbons (Fsp3) is 0.615. The Labute approximate surface area is 119 Å². The van der Waals surface area contributed by atoms with Gasteiger partial charge in [0.05, 0.1) is 30.9 Å². The second kappa shape index (κ2) is 5.43. The van der Waals surface area contributed by atoms with E-state index >= 15 is 0 Å². The number of hydroxylamine groups is 2. The topological polar surface area (TPSA) is 54.8 Å². The van der Waals surface area contributed by atoms with Crippen molar-refractivity contribution >= 4 is 0 Å². The third-order valence-corrected chi connectivity index (χ3v) is 3.79. The highest BCUT2D eigenvalue weighted by Gasteiger charge is 2.39. The highest BCUT2D eigenvalue weighted by molar-refractivity contribution is 5.20. The number of morpholine rings is 1. The molecular weight excluding hydrogens is 289 g/mol. The van der Waals surface area contributed by atoms with Crippen molar-refractivity contribution < 1.29 is 27.9 Å². The SMILES string of the molecule is ON1[C@@H]2COC[C@H]1CC(Oc1ccc(C(F)(F)F)cn1)C2. The first-order valence-corrected chi connectivity index (χ1v) is 6.68. The number of aromatic nitrogens is 1. The van der Waals surface area contributed by atoms with Crippen molar-refractivity contribution in [2.45, 2.75) is 37.2 Å². The Morgan fingerprint density at radius 2 is 1.90 bits per heavy atom. The standard InChI is InChI=1S/C13H15F3N2O3/c14-13(15,16)8-1-2-12(17-5-8)21-11-3-9-6-20-7-10(4-11)18(9)19/h1-2,5,9-11,19H,3-4,6-7H2/t9-,10+,11?. The van der Waals surface area contributed by atoms with Gasteiger partial charge in [-0.3, -0.25) is 0 Å². The number of hydrogen-bond acceptors (Lipinski definition) is 5. The molecule has 3 heterocycles. The summed E-state index contributed by atoms with van der Waals surface area (Å²) in [6.07, 6.45) is -2.72. The Kier molecular flexibility index (Phi) is 3.76. The second-order valence-electron chi connectivity index (χ2n) is 5.32. The summed E-state index contributed by atoms with van der Waals surface area (Å²) in [5.74, 6) is 0.165. The molecule has 1 N–H and O–H groups in total. The number of piperidine rings is 1. The fourth-order valence-electron chi connectivity index (χ4n) is 2.73. The molecule has 3 rings (SSSR count). The summed E-state index contributed by atoms with van der Waals surface area (Å²) in [6, 6.07) is 1.89. The lowest BCUT2D eigenvalue weighted by atomic mass is 9.94. The summed E-state index contributed by atoms with van der Waals surface area (Å²) in [5.41, 5.74) is -0.801. The van der Waals surface area contributed by atoms with E-state index in [1.165, 1.54) is 11.1 Å². The van der Waals surface area contributed by atoms with Gasteiger partial charge in [0, 0.05) is 25.1 Å². The molecule has 0 aliphatic carbocycles. The number of nitrogens with zero attached hydrogens (tertiary/aromatic N) is 2. The van der Waals surface area contributed by atoms with Crippen molar-refractivity contribution in [3.8, 4) is 5.88 Å². The quantitative estimate of drug-likeness (QED) is 0.907. The summed E-state index contributed by atoms with van der Waals surface area (Å²) in [6.45, 7) is 0.848. The van der Waals surface area contributed by atoms with Gasteiger partial charge in [-0.25, -0.2) is 4.98 Å². The molecule has 116 valence electrons. The minimum Gasteiger partial charge on any atom is -0.474 e. The van der Waals surface area contributed by atoms with Crippen LogP contribution in [0.25, 0.3) is 0 Å². The molecule has 3 atom stereocenters. The van der Waals surface area contributed by atoms with Gasteiger partial charge in [0.25, 0.3) is 0 Å². The molecule has 1 aromatic rings. The van der Waals surface area contributed by atoms with Gasteiger partial charge in [-0.1, -0.05) is 0 Å². The predicted octanol–water partition coefficient (Wildman–Crippen LogP) is 2.10. The normalized spacial score (nSPS) is 30.2. The van der Waals surface area contributed by atoms with Crippen LogP contribution in [-0.2, 0) is 10.9 Å². The molecule has 2 aliphatic rings. The van der Waals surface area contributed by atoms with E-state index in [1.807, 2.05) is 0 Å². The van der Waals surface area contributed by atoms with E-state index in [9.17, 15) is 18.4 Å². The maximum absolute atomic E-state index is 12.4. The van der Waals surface area contributed by atoms with Crippen LogP contribution in [0.3, 0.4) is 0 Å². The first-order chi connectivity index (χ1) is 9.93. The monoisotopic (exact) mass is 304 g/mol. The van der Waals surface area contributed by atoms with Crippen LogP contribution in [0.1, 0.15) is 18.4 Å². The van der Waals surface area contributed by atoms with Crippen molar-refractivity contribution in [1.29, 1.82) is 0 Å². The number of rotatable bonds is 2. The molecule has 1 unspecified atom stereocenters. The molecule has 0 saturated carbocycles. The van der Waals surface area contributed by atoms with Gasteiger partial charge in [0.1, 0.15) is 6.10 Å². The van der Waals surface area contributed by atoms with Crippen LogP contribution in [0.2, 0.25) is 0 Å². The molecule has 2 fully saturated rings. The molecule has 2 aliphatic heterocycles. The van der Waals surface area contributed by atoms with E-state index in [4.69, 9.17) is 9.47 Å². The summed E-state index contributed by atoms with van der Waals surface area (Å²) < 4.78 is 48.3. The zero-order valence-electron chi connectivity index (χ0n) is 11.1. The van der Waals surface area contributed by atoms with Crippen molar-refractivity contribution in [2.24, 2.45) is 0 Å². The Balaban J connectivity index is 1.64. The molecule has 0 spiro atoms. The summed E-state index contributed by atoms with van der Waals surface area (Å²) in [7, 11) is 0. The van der Waals surface area contributed by atoms with Crippen LogP contribution in [0.4, 0.5) is 13.2 Å². The largest absolute Gasteiger partial charge is 0.474 e. The van der Waals surface area contributed by atoms with Crippen LogP contribution in [0.5, 0.6) is 5.88 Å². The Hall–Kier alpha value is -1.38. The van der Waals surface area contributed by atoms with Gasteiger partial charge < -0.3 is 14.7 Å². The van der Waals surface area contributed by atoms with E-state index in [0.29, 0.717) is 26.1 Å². The zero-order chi connectivity index (χ0) is 15.0. The van der Waals surface area contributed by atoms with E-state index in [-0.39, 0.29) is 24.1 Å². The number of halogens is 3. The second-order valence-corrected chi connectivity index (χ2v) is 5.32. The van der Waals surface area contributed by atoms with Crippen LogP contribution in [0.15, 0.2) is 18.3 Å². The average Bonchev–Trinajstić information content (AvgIpc) is 2.39. The first kappa shape index (κ1) is 14.6. The van der Waals surface area contributed by atoms with Crippen LogP contribution < -0.4 is 4.74 Å². The summed E-state index contributed by atoms with van der Waals surface area (Å²) in [5, 5.41) is 11.2. The van der Waals surface area contributed by atoms with Crippen molar-refractivity contribution in [3.63, 3.8) is 0 Å². The van der Waals surface area contributed by atoms with Gasteiger partial charge in [0.15, 0.2) is 0 Å². The van der Waals surface area contributed by atoms with Crippen molar-refractivity contribution in [3.05, 3.63) is 23.9 Å². The highest BCUT2D eigenvalue weighted by Crippen LogP contribution is 2.31. The number of fused-ring (bicyclic) bond motifs is 2. The van der Waals surface area contributed by atoms with Gasteiger partial charge in [-0.15, -0.1) is 0 Å². The van der Waals surface area contributed by atoms with Crippen LogP contribution in [-0.4, -0.2) is 46.7 Å². The lowest BCUT2D eigenvalue weighted by Gasteiger charge is -2.44. The maximum Gasteiger partial charge on any atom is 0.417 e. The summed E-state index contributed by atoms with van der Waals surface area (Å²) >= 11 is 0. The third-order valence-electron chi connectivity index (χ3n) is 3.79. The van der Waals surface area contributed by atoms with Crippen LogP contribution in [0, 0.1) is 0 Å². The molecule has 2 saturated heterocycles. The fourth-order valence-corrected chi connectivity index (χ4v) is 2.73. The van der Waals surface area contributed by atoms with Gasteiger partial charge >= 0.3 is 6.18 Å². The van der Waals surface area contributed by atoms with E-state index in [1.54, 1.807) is 0 Å². The maximum atomic E-state index is 12.4. The minimum absolute atomic E-state index is 0.142. The molecule has 8 heteroatoms. The molecular formula is C13H15F3N2O3. The lowest BCUT2D eigenvalue weighted by molar-refractivity contribution is -0.242. The van der Waals surface area contributed by atoms with Gasteiger partial charge in [-0.05, 0) is 6.07 Å². The number of hydrogen-bond donors (Lipinski definition) is 1. The summed E-state index contributed by atoms with van der Waals surface area (Å²) in [4.78, 5) is 3.70. The Morgan fingerprint density at radius 1 is 1.24 bits per heavy atom. The van der Waals surface area contributed by atoms with Crippen molar-refractivity contribution in [2.75, 3.05) is 13.2 Å². The predicted molar refractivity (Wildman–Crippen MR) is 64.9 cm³/mol. The smallest absolute Gasteiger partial charge is 0.417 e. The molecule has 0 aromatic carbocycles. The molecule has 1 aromatic heterocycles. The Bertz CT molecular complexity index is 480. The minimum atomic E-state index is -4.40. The zero-order valence-corrected chi connectivity index (χ0v) is 11.1. The molecule has 5 nitrogen and oxygen atoms in total. The van der Waals surface area contributed by atoms with Gasteiger partial charge in [-0.2, -0.15) is 18.2 Å². The Morgan fingerprint density at radius 3 is 2.43 bits per heavy atom. The lowest BCUT2D eigenvalue weighted by Crippen LogP contribution is -2.57. The molecule has 21 heavy (non-hydrogen) atoms. The molecule has 2 bridgehead atoms. The molecule has 0 radical (unpaired) electrons. The van der Waals surface area contributed by atoms with Gasteiger partial charge in [0.2, 0.25) is 5.88 Å².